The zero-order chi connectivity index (χ0) is 16.1. The van der Waals surface area contributed by atoms with E-state index in [0.29, 0.717) is 16.4 Å². The molecule has 4 nitrogen and oxygen atoms in total. The molecular weight excluding hydrogens is 434 g/mol. The maximum atomic E-state index is 12.1. The summed E-state index contributed by atoms with van der Waals surface area (Å²) in [6.07, 6.45) is 3.00. The van der Waals surface area contributed by atoms with Crippen molar-refractivity contribution in [3.63, 3.8) is 0 Å². The molecule has 2 aromatic rings. The Balaban J connectivity index is 2.23. The second-order valence-corrected chi connectivity index (χ2v) is 7.22. The van der Waals surface area contributed by atoms with E-state index in [0.717, 1.165) is 13.8 Å². The summed E-state index contributed by atoms with van der Waals surface area (Å²) in [5.41, 5.74) is 0.778. The molecule has 7 heteroatoms. The third-order valence-corrected chi connectivity index (χ3v) is 5.82. The molecule has 22 heavy (non-hydrogen) atoms. The van der Waals surface area contributed by atoms with Gasteiger partial charge in [-0.3, -0.25) is 0 Å². The Labute approximate surface area is 148 Å². The number of esters is 1. The molecule has 1 aromatic carbocycles. The Morgan fingerprint density at radius 1 is 1.32 bits per heavy atom. The van der Waals surface area contributed by atoms with Gasteiger partial charge in [-0.1, -0.05) is 6.07 Å². The lowest BCUT2D eigenvalue weighted by molar-refractivity contribution is 0.0735. The SMILES string of the molecule is COc1cc(/C=C\C#N)ccc1OC(=O)c1cc(Br)c(Br)s1. The molecule has 0 spiro atoms. The molecule has 0 aliphatic rings. The molecule has 112 valence electrons. The predicted octanol–water partition coefficient (Wildman–Crippen LogP) is 5.04. The van der Waals surface area contributed by atoms with Crippen molar-refractivity contribution >= 4 is 55.2 Å². The summed E-state index contributed by atoms with van der Waals surface area (Å²) < 4.78 is 12.2. The van der Waals surface area contributed by atoms with Crippen molar-refractivity contribution in [2.45, 2.75) is 0 Å². The molecule has 0 atom stereocenters. The summed E-state index contributed by atoms with van der Waals surface area (Å²) in [4.78, 5) is 12.6. The number of methoxy groups -OCH3 is 1. The molecule has 0 fully saturated rings. The van der Waals surface area contributed by atoms with Crippen LogP contribution in [0.15, 0.2) is 38.6 Å². The van der Waals surface area contributed by atoms with Crippen LogP contribution in [0.1, 0.15) is 15.2 Å². The summed E-state index contributed by atoms with van der Waals surface area (Å²) in [6, 6.07) is 8.66. The van der Waals surface area contributed by atoms with Gasteiger partial charge in [0, 0.05) is 10.5 Å². The number of nitrogens with zero attached hydrogens (tertiary/aromatic N) is 1. The number of hydrogen-bond donors (Lipinski definition) is 0. The van der Waals surface area contributed by atoms with Gasteiger partial charge in [0.1, 0.15) is 4.88 Å². The molecule has 2 rings (SSSR count). The van der Waals surface area contributed by atoms with Gasteiger partial charge in [-0.15, -0.1) is 11.3 Å². The number of carbonyl (C=O) groups is 1. The second-order valence-electron chi connectivity index (χ2n) is 3.99. The summed E-state index contributed by atoms with van der Waals surface area (Å²) in [7, 11) is 1.49. The maximum Gasteiger partial charge on any atom is 0.353 e. The van der Waals surface area contributed by atoms with Crippen molar-refractivity contribution in [1.82, 2.24) is 0 Å². The van der Waals surface area contributed by atoms with Crippen LogP contribution in [0.25, 0.3) is 6.08 Å². The molecular formula is C15H9Br2NO3S. The largest absolute Gasteiger partial charge is 0.493 e. The normalized spacial score (nSPS) is 10.5. The third-order valence-electron chi connectivity index (χ3n) is 2.59. The minimum Gasteiger partial charge on any atom is -0.493 e. The fraction of sp³-hybridized carbons (Fsp3) is 0.0667. The summed E-state index contributed by atoms with van der Waals surface area (Å²) in [5, 5.41) is 8.53. The Hall–Kier alpha value is -1.62. The molecule has 0 saturated heterocycles. The lowest BCUT2D eigenvalue weighted by atomic mass is 10.2. The molecule has 1 heterocycles. The van der Waals surface area contributed by atoms with Crippen molar-refractivity contribution in [2.24, 2.45) is 0 Å². The Kier molecular flexibility index (Phi) is 5.77. The number of thiophene rings is 1. The van der Waals surface area contributed by atoms with Crippen LogP contribution in [-0.2, 0) is 0 Å². The van der Waals surface area contributed by atoms with Gasteiger partial charge in [0.05, 0.1) is 17.0 Å². The smallest absolute Gasteiger partial charge is 0.353 e. The van der Waals surface area contributed by atoms with E-state index in [1.807, 2.05) is 6.07 Å². The monoisotopic (exact) mass is 441 g/mol. The van der Waals surface area contributed by atoms with Crippen molar-refractivity contribution in [3.8, 4) is 17.6 Å². The number of rotatable bonds is 4. The van der Waals surface area contributed by atoms with Gasteiger partial charge >= 0.3 is 5.97 Å². The highest BCUT2D eigenvalue weighted by Crippen LogP contribution is 2.34. The van der Waals surface area contributed by atoms with Crippen LogP contribution in [-0.4, -0.2) is 13.1 Å². The van der Waals surface area contributed by atoms with Crippen molar-refractivity contribution in [2.75, 3.05) is 7.11 Å². The minimum absolute atomic E-state index is 0.322. The third kappa shape index (κ3) is 3.97. The van der Waals surface area contributed by atoms with Gasteiger partial charge < -0.3 is 9.47 Å². The number of hydrogen-bond acceptors (Lipinski definition) is 5. The van der Waals surface area contributed by atoms with Crippen LogP contribution in [0, 0.1) is 11.3 Å². The molecule has 0 aliphatic heterocycles. The molecule has 0 radical (unpaired) electrons. The van der Waals surface area contributed by atoms with E-state index in [4.69, 9.17) is 14.7 Å². The summed E-state index contributed by atoms with van der Waals surface area (Å²) in [5.74, 6) is 0.278. The molecule has 0 amide bonds. The zero-order valence-corrected chi connectivity index (χ0v) is 15.3. The van der Waals surface area contributed by atoms with Crippen molar-refractivity contribution in [3.05, 3.63) is 49.0 Å². The number of ether oxygens (including phenoxy) is 2. The highest BCUT2D eigenvalue weighted by molar-refractivity contribution is 9.13. The number of halogens is 2. The maximum absolute atomic E-state index is 12.1. The first-order chi connectivity index (χ1) is 10.5. The highest BCUT2D eigenvalue weighted by Gasteiger charge is 2.16. The van der Waals surface area contributed by atoms with E-state index in [-0.39, 0.29) is 0 Å². The number of benzene rings is 1. The Morgan fingerprint density at radius 2 is 2.09 bits per heavy atom. The van der Waals surface area contributed by atoms with E-state index in [2.05, 4.69) is 31.9 Å². The van der Waals surface area contributed by atoms with Gasteiger partial charge in [0.25, 0.3) is 0 Å². The average Bonchev–Trinajstić information content (AvgIpc) is 2.85. The average molecular weight is 443 g/mol. The van der Waals surface area contributed by atoms with Crippen molar-refractivity contribution in [1.29, 1.82) is 5.26 Å². The van der Waals surface area contributed by atoms with Crippen LogP contribution < -0.4 is 9.47 Å². The van der Waals surface area contributed by atoms with Gasteiger partial charge in [0.2, 0.25) is 0 Å². The minimum atomic E-state index is -0.463. The zero-order valence-electron chi connectivity index (χ0n) is 11.3. The highest BCUT2D eigenvalue weighted by atomic mass is 79.9. The van der Waals surface area contributed by atoms with Crippen molar-refractivity contribution < 1.29 is 14.3 Å². The molecule has 0 saturated carbocycles. The fourth-order valence-electron chi connectivity index (χ4n) is 1.60. The lowest BCUT2D eigenvalue weighted by Gasteiger charge is -2.09. The van der Waals surface area contributed by atoms with E-state index in [1.165, 1.54) is 24.5 Å². The first kappa shape index (κ1) is 16.7. The molecule has 0 N–H and O–H groups in total. The first-order valence-electron chi connectivity index (χ1n) is 5.96. The van der Waals surface area contributed by atoms with Gasteiger partial charge in [0.15, 0.2) is 11.5 Å². The van der Waals surface area contributed by atoms with E-state index >= 15 is 0 Å². The van der Waals surface area contributed by atoms with Crippen LogP contribution in [0.2, 0.25) is 0 Å². The van der Waals surface area contributed by atoms with E-state index < -0.39 is 5.97 Å². The van der Waals surface area contributed by atoms with Gasteiger partial charge in [-0.05, 0) is 61.7 Å². The number of carbonyl (C=O) groups excluding carboxylic acids is 1. The predicted molar refractivity (Wildman–Crippen MR) is 92.3 cm³/mol. The Bertz CT molecular complexity index is 758. The molecule has 0 unspecified atom stereocenters. The summed E-state index contributed by atoms with van der Waals surface area (Å²) >= 11 is 7.94. The van der Waals surface area contributed by atoms with E-state index in [9.17, 15) is 4.79 Å². The first-order valence-corrected chi connectivity index (χ1v) is 8.36. The summed E-state index contributed by atoms with van der Waals surface area (Å²) in [6.45, 7) is 0. The van der Waals surface area contributed by atoms with Crippen LogP contribution in [0.4, 0.5) is 0 Å². The molecule has 1 aromatic heterocycles. The van der Waals surface area contributed by atoms with Gasteiger partial charge in [-0.2, -0.15) is 5.26 Å². The Morgan fingerprint density at radius 3 is 2.68 bits per heavy atom. The lowest BCUT2D eigenvalue weighted by Crippen LogP contribution is -2.07. The second kappa shape index (κ2) is 7.58. The topological polar surface area (TPSA) is 59.3 Å². The van der Waals surface area contributed by atoms with E-state index in [1.54, 1.807) is 30.3 Å². The fourth-order valence-corrected chi connectivity index (χ4v) is 3.52. The molecule has 0 aliphatic carbocycles. The standard InChI is InChI=1S/C15H9Br2NO3S/c1-20-12-7-9(3-2-6-18)4-5-11(12)21-15(19)13-8-10(16)14(17)22-13/h2-5,7-8H,1H3/b3-2-. The van der Waals surface area contributed by atoms with Crippen LogP contribution in [0.3, 0.4) is 0 Å². The van der Waals surface area contributed by atoms with Crippen LogP contribution >= 0.6 is 43.2 Å². The molecule has 0 bridgehead atoms. The van der Waals surface area contributed by atoms with Gasteiger partial charge in [-0.25, -0.2) is 4.79 Å². The number of allylic oxidation sites excluding steroid dienone is 1. The van der Waals surface area contributed by atoms with Crippen LogP contribution in [0.5, 0.6) is 11.5 Å². The number of nitriles is 1. The quantitative estimate of drug-likeness (QED) is 0.378.